The van der Waals surface area contributed by atoms with Crippen molar-refractivity contribution in [3.63, 3.8) is 0 Å². The molecule has 3 aliphatic heterocycles. The molecule has 4 aliphatic rings. The Bertz CT molecular complexity index is 691. The molecule has 1 aliphatic carbocycles. The first kappa shape index (κ1) is 19.5. The average Bonchev–Trinajstić information content (AvgIpc) is 3.25. The van der Waals surface area contributed by atoms with Crippen molar-refractivity contribution in [3.8, 4) is 17.2 Å². The van der Waals surface area contributed by atoms with Gasteiger partial charge in [-0.05, 0) is 62.7 Å². The molecule has 1 aromatic rings. The van der Waals surface area contributed by atoms with Crippen LogP contribution in [0.5, 0.6) is 17.2 Å². The number of aliphatic hydroxyl groups excluding tert-OH is 1. The molecule has 0 bridgehead atoms. The summed E-state index contributed by atoms with van der Waals surface area (Å²) >= 11 is 0. The number of benzene rings is 1. The molecule has 4 atom stereocenters. The van der Waals surface area contributed by atoms with Gasteiger partial charge in [0.15, 0.2) is 11.5 Å². The van der Waals surface area contributed by atoms with E-state index in [1.807, 2.05) is 18.2 Å². The van der Waals surface area contributed by atoms with E-state index in [4.69, 9.17) is 14.2 Å². The van der Waals surface area contributed by atoms with Crippen molar-refractivity contribution in [2.45, 2.75) is 50.7 Å². The van der Waals surface area contributed by atoms with Crippen LogP contribution in [0.1, 0.15) is 38.5 Å². The number of ether oxygens (including phenoxy) is 3. The second-order valence-electron chi connectivity index (χ2n) is 9.25. The summed E-state index contributed by atoms with van der Waals surface area (Å²) in [7, 11) is 0. The van der Waals surface area contributed by atoms with Crippen LogP contribution in [-0.2, 0) is 0 Å². The maximum atomic E-state index is 10.7. The molecule has 5 rings (SSSR count). The highest BCUT2D eigenvalue weighted by Gasteiger charge is 2.42. The summed E-state index contributed by atoms with van der Waals surface area (Å²) in [5, 5.41) is 10.7. The third kappa shape index (κ3) is 4.49. The fourth-order valence-electron chi connectivity index (χ4n) is 5.56. The van der Waals surface area contributed by atoms with Gasteiger partial charge in [0.1, 0.15) is 11.9 Å². The number of hydrogen-bond acceptors (Lipinski definition) is 6. The summed E-state index contributed by atoms with van der Waals surface area (Å²) in [6, 6.07) is 5.67. The van der Waals surface area contributed by atoms with Crippen LogP contribution in [0.3, 0.4) is 0 Å². The highest BCUT2D eigenvalue weighted by molar-refractivity contribution is 5.46. The van der Waals surface area contributed by atoms with E-state index in [0.717, 1.165) is 49.7 Å². The Morgan fingerprint density at radius 1 is 0.897 bits per heavy atom. The first-order valence-electron chi connectivity index (χ1n) is 11.4. The maximum Gasteiger partial charge on any atom is 0.231 e. The van der Waals surface area contributed by atoms with Crippen molar-refractivity contribution in [1.29, 1.82) is 0 Å². The van der Waals surface area contributed by atoms with E-state index in [9.17, 15) is 5.11 Å². The Balaban J connectivity index is 1.14. The molecule has 0 radical (unpaired) electrons. The molecule has 0 amide bonds. The first-order valence-corrected chi connectivity index (χ1v) is 11.4. The number of aliphatic hydroxyl groups is 1. The minimum atomic E-state index is -0.396. The average molecular weight is 403 g/mol. The maximum absolute atomic E-state index is 10.7. The smallest absolute Gasteiger partial charge is 0.231 e. The van der Waals surface area contributed by atoms with Gasteiger partial charge in [0, 0.05) is 32.2 Å². The molecule has 0 aromatic heterocycles. The minimum Gasteiger partial charge on any atom is -0.488 e. The number of likely N-dealkylation sites (tertiary alicyclic amines) is 2. The molecule has 3 fully saturated rings. The van der Waals surface area contributed by atoms with Crippen molar-refractivity contribution < 1.29 is 19.3 Å². The van der Waals surface area contributed by atoms with Crippen molar-refractivity contribution >= 4 is 0 Å². The molecular weight excluding hydrogens is 368 g/mol. The fourth-order valence-corrected chi connectivity index (χ4v) is 5.56. The highest BCUT2D eigenvalue weighted by atomic mass is 16.7. The van der Waals surface area contributed by atoms with Crippen LogP contribution in [0.2, 0.25) is 0 Å². The predicted molar refractivity (Wildman–Crippen MR) is 111 cm³/mol. The van der Waals surface area contributed by atoms with Crippen molar-refractivity contribution in [2.24, 2.45) is 11.8 Å². The zero-order chi connectivity index (χ0) is 19.6. The molecular formula is C23H34N2O4. The van der Waals surface area contributed by atoms with E-state index in [-0.39, 0.29) is 12.9 Å². The van der Waals surface area contributed by atoms with Gasteiger partial charge in [-0.1, -0.05) is 12.8 Å². The minimum absolute atomic E-state index is 0.137. The fraction of sp³-hybridized carbons (Fsp3) is 0.739. The van der Waals surface area contributed by atoms with Crippen molar-refractivity contribution in [2.75, 3.05) is 46.1 Å². The van der Waals surface area contributed by atoms with E-state index in [1.54, 1.807) is 0 Å². The Kier molecular flexibility index (Phi) is 5.84. The van der Waals surface area contributed by atoms with E-state index in [2.05, 4.69) is 9.80 Å². The normalized spacial score (nSPS) is 32.7. The lowest BCUT2D eigenvalue weighted by Crippen LogP contribution is -2.42. The number of fused-ring (bicyclic) bond motifs is 2. The van der Waals surface area contributed by atoms with Gasteiger partial charge < -0.3 is 29.1 Å². The molecule has 6 heteroatoms. The van der Waals surface area contributed by atoms with E-state index < -0.39 is 6.10 Å². The molecule has 160 valence electrons. The monoisotopic (exact) mass is 402 g/mol. The summed E-state index contributed by atoms with van der Waals surface area (Å²) in [5.41, 5.74) is 0. The molecule has 1 aromatic carbocycles. The second kappa shape index (κ2) is 8.70. The van der Waals surface area contributed by atoms with Crippen LogP contribution < -0.4 is 14.2 Å². The van der Waals surface area contributed by atoms with Crippen molar-refractivity contribution in [3.05, 3.63) is 18.2 Å². The van der Waals surface area contributed by atoms with Gasteiger partial charge >= 0.3 is 0 Å². The molecule has 0 unspecified atom stereocenters. The highest BCUT2D eigenvalue weighted by Crippen LogP contribution is 2.40. The van der Waals surface area contributed by atoms with Gasteiger partial charge in [0.25, 0.3) is 0 Å². The van der Waals surface area contributed by atoms with Gasteiger partial charge in [-0.2, -0.15) is 0 Å². The Morgan fingerprint density at radius 2 is 1.62 bits per heavy atom. The quantitative estimate of drug-likeness (QED) is 0.817. The van der Waals surface area contributed by atoms with E-state index in [1.165, 1.54) is 45.3 Å². The Labute approximate surface area is 173 Å². The van der Waals surface area contributed by atoms with Gasteiger partial charge in [-0.3, -0.25) is 0 Å². The van der Waals surface area contributed by atoms with Gasteiger partial charge in [0.2, 0.25) is 6.79 Å². The standard InChI is InChI=1S/C23H34N2O4/c26-20-11-17-14-25(10-9-24-7-3-1-2-4-8-24)15-18(17)12-22(20)29-19-5-6-21-23(13-19)28-16-27-21/h5-6,13,17-18,20,22,26H,1-4,7-12,14-16H2/t17-,18+,20+,22+/m0/s1. The lowest BCUT2D eigenvalue weighted by molar-refractivity contribution is -0.0232. The van der Waals surface area contributed by atoms with Crippen LogP contribution in [0, 0.1) is 11.8 Å². The molecule has 6 nitrogen and oxygen atoms in total. The third-order valence-corrected chi connectivity index (χ3v) is 7.22. The third-order valence-electron chi connectivity index (χ3n) is 7.22. The van der Waals surface area contributed by atoms with Gasteiger partial charge in [-0.15, -0.1) is 0 Å². The zero-order valence-corrected chi connectivity index (χ0v) is 17.3. The summed E-state index contributed by atoms with van der Waals surface area (Å²) in [6.45, 7) is 7.44. The van der Waals surface area contributed by atoms with Crippen LogP contribution >= 0.6 is 0 Å². The lowest BCUT2D eigenvalue weighted by atomic mass is 9.78. The van der Waals surface area contributed by atoms with Crippen molar-refractivity contribution in [1.82, 2.24) is 9.80 Å². The molecule has 3 heterocycles. The predicted octanol–water partition coefficient (Wildman–Crippen LogP) is 2.74. The van der Waals surface area contributed by atoms with E-state index in [0.29, 0.717) is 11.8 Å². The molecule has 29 heavy (non-hydrogen) atoms. The molecule has 1 N–H and O–H groups in total. The SMILES string of the molecule is O[C@@H]1C[C@H]2CN(CCN3CCCCCC3)C[C@H]2C[C@H]1Oc1ccc2c(c1)OCO2. The van der Waals surface area contributed by atoms with Crippen LogP contribution in [0.15, 0.2) is 18.2 Å². The van der Waals surface area contributed by atoms with Crippen LogP contribution in [0.25, 0.3) is 0 Å². The topological polar surface area (TPSA) is 54.4 Å². The number of hydrogen-bond donors (Lipinski definition) is 1. The van der Waals surface area contributed by atoms with Gasteiger partial charge in [0.05, 0.1) is 6.10 Å². The van der Waals surface area contributed by atoms with Crippen LogP contribution in [0.4, 0.5) is 0 Å². The molecule has 1 saturated carbocycles. The number of nitrogens with zero attached hydrogens (tertiary/aromatic N) is 2. The zero-order valence-electron chi connectivity index (χ0n) is 17.3. The first-order chi connectivity index (χ1) is 14.2. The Hall–Kier alpha value is -1.50. The molecule has 0 spiro atoms. The molecule has 2 saturated heterocycles. The summed E-state index contributed by atoms with van der Waals surface area (Å²) in [6.07, 6.45) is 6.75. The lowest BCUT2D eigenvalue weighted by Gasteiger charge is -2.35. The second-order valence-corrected chi connectivity index (χ2v) is 9.25. The largest absolute Gasteiger partial charge is 0.488 e. The summed E-state index contributed by atoms with van der Waals surface area (Å²) < 4.78 is 17.0. The summed E-state index contributed by atoms with van der Waals surface area (Å²) in [5.74, 6) is 3.48. The van der Waals surface area contributed by atoms with E-state index >= 15 is 0 Å². The van der Waals surface area contributed by atoms with Gasteiger partial charge in [-0.25, -0.2) is 0 Å². The van der Waals surface area contributed by atoms with Crippen LogP contribution in [-0.4, -0.2) is 73.2 Å². The Morgan fingerprint density at radius 3 is 2.45 bits per heavy atom. The number of rotatable bonds is 5. The summed E-state index contributed by atoms with van der Waals surface area (Å²) in [4.78, 5) is 5.27.